The third kappa shape index (κ3) is 7.24. The third-order valence-electron chi connectivity index (χ3n) is 5.86. The molecular formula is C26H38N4O2. The van der Waals surface area contributed by atoms with Crippen molar-refractivity contribution in [3.63, 3.8) is 0 Å². The Hall–Kier alpha value is -2.57. The number of hydrogen-bond acceptors (Lipinski definition) is 4. The SMILES string of the molecule is CCN(CC)Cc1ccc(CNC(=NC)NCc2ccc(C)cc2OC2CCOC2)cc1. The zero-order chi connectivity index (χ0) is 22.8. The van der Waals surface area contributed by atoms with Crippen LogP contribution in [0.5, 0.6) is 5.75 Å². The van der Waals surface area contributed by atoms with Crippen LogP contribution in [-0.2, 0) is 24.4 Å². The van der Waals surface area contributed by atoms with Crippen molar-refractivity contribution in [3.8, 4) is 5.75 Å². The minimum Gasteiger partial charge on any atom is -0.488 e. The highest BCUT2D eigenvalue weighted by atomic mass is 16.5. The summed E-state index contributed by atoms with van der Waals surface area (Å²) in [6, 6.07) is 15.2. The number of guanidine groups is 1. The van der Waals surface area contributed by atoms with E-state index in [9.17, 15) is 0 Å². The summed E-state index contributed by atoms with van der Waals surface area (Å²) in [7, 11) is 1.80. The molecule has 1 atom stereocenters. The maximum Gasteiger partial charge on any atom is 0.191 e. The zero-order valence-electron chi connectivity index (χ0n) is 20.0. The number of ether oxygens (including phenoxy) is 2. The second-order valence-corrected chi connectivity index (χ2v) is 8.27. The smallest absolute Gasteiger partial charge is 0.191 e. The Morgan fingerprint density at radius 2 is 1.78 bits per heavy atom. The lowest BCUT2D eigenvalue weighted by Crippen LogP contribution is -2.36. The van der Waals surface area contributed by atoms with E-state index in [1.807, 2.05) is 0 Å². The van der Waals surface area contributed by atoms with Gasteiger partial charge in [-0.15, -0.1) is 0 Å². The molecular weight excluding hydrogens is 400 g/mol. The lowest BCUT2D eigenvalue weighted by Gasteiger charge is -2.18. The molecule has 1 aliphatic heterocycles. The van der Waals surface area contributed by atoms with Crippen LogP contribution in [0.1, 0.15) is 42.5 Å². The minimum atomic E-state index is 0.137. The number of rotatable bonds is 10. The summed E-state index contributed by atoms with van der Waals surface area (Å²) in [6.45, 7) is 12.4. The highest BCUT2D eigenvalue weighted by Crippen LogP contribution is 2.23. The molecule has 0 amide bonds. The van der Waals surface area contributed by atoms with Crippen molar-refractivity contribution in [2.75, 3.05) is 33.4 Å². The van der Waals surface area contributed by atoms with Crippen LogP contribution in [-0.4, -0.2) is 50.3 Å². The summed E-state index contributed by atoms with van der Waals surface area (Å²) < 4.78 is 11.7. The van der Waals surface area contributed by atoms with Crippen molar-refractivity contribution >= 4 is 5.96 Å². The minimum absolute atomic E-state index is 0.137. The molecule has 0 aromatic heterocycles. The van der Waals surface area contributed by atoms with Crippen LogP contribution in [0, 0.1) is 6.92 Å². The molecule has 1 heterocycles. The van der Waals surface area contributed by atoms with Gasteiger partial charge in [0.2, 0.25) is 0 Å². The Balaban J connectivity index is 1.52. The van der Waals surface area contributed by atoms with Gasteiger partial charge in [-0.1, -0.05) is 50.2 Å². The number of aryl methyl sites for hydroxylation is 1. The summed E-state index contributed by atoms with van der Waals surface area (Å²) in [5.41, 5.74) is 4.89. The Kier molecular flexibility index (Phi) is 9.38. The van der Waals surface area contributed by atoms with E-state index in [4.69, 9.17) is 9.47 Å². The lowest BCUT2D eigenvalue weighted by molar-refractivity contribution is 0.140. The molecule has 2 aromatic rings. The largest absolute Gasteiger partial charge is 0.488 e. The summed E-state index contributed by atoms with van der Waals surface area (Å²) >= 11 is 0. The van der Waals surface area contributed by atoms with Crippen molar-refractivity contribution in [1.82, 2.24) is 15.5 Å². The molecule has 2 N–H and O–H groups in total. The Bertz CT molecular complexity index is 857. The molecule has 32 heavy (non-hydrogen) atoms. The maximum absolute atomic E-state index is 6.21. The van der Waals surface area contributed by atoms with E-state index < -0.39 is 0 Å². The van der Waals surface area contributed by atoms with Gasteiger partial charge in [0.1, 0.15) is 11.9 Å². The van der Waals surface area contributed by atoms with E-state index in [2.05, 4.69) is 83.8 Å². The quantitative estimate of drug-likeness (QED) is 0.436. The second-order valence-electron chi connectivity index (χ2n) is 8.27. The number of nitrogens with one attached hydrogen (secondary N) is 2. The van der Waals surface area contributed by atoms with Gasteiger partial charge in [-0.05, 0) is 42.8 Å². The van der Waals surface area contributed by atoms with Crippen LogP contribution in [0.2, 0.25) is 0 Å². The Morgan fingerprint density at radius 3 is 2.44 bits per heavy atom. The first-order valence-electron chi connectivity index (χ1n) is 11.7. The zero-order valence-corrected chi connectivity index (χ0v) is 20.0. The predicted octanol–water partition coefficient (Wildman–Crippen LogP) is 3.87. The van der Waals surface area contributed by atoms with Crippen LogP contribution in [0.3, 0.4) is 0 Å². The molecule has 6 heteroatoms. The molecule has 0 radical (unpaired) electrons. The molecule has 0 spiro atoms. The molecule has 0 aliphatic carbocycles. The summed E-state index contributed by atoms with van der Waals surface area (Å²) in [5.74, 6) is 1.69. The van der Waals surface area contributed by atoms with Crippen molar-refractivity contribution < 1.29 is 9.47 Å². The van der Waals surface area contributed by atoms with Gasteiger partial charge < -0.3 is 20.1 Å². The third-order valence-corrected chi connectivity index (χ3v) is 5.86. The standard InChI is InChI=1S/C26H38N4O2/c1-5-30(6-2)18-22-10-8-21(9-11-22)16-28-26(27-4)29-17-23-12-7-20(3)15-25(23)32-24-13-14-31-19-24/h7-12,15,24H,5-6,13-14,16-19H2,1-4H3,(H2,27,28,29). The van der Waals surface area contributed by atoms with Gasteiger partial charge >= 0.3 is 0 Å². The lowest BCUT2D eigenvalue weighted by atomic mass is 10.1. The van der Waals surface area contributed by atoms with E-state index in [1.54, 1.807) is 7.05 Å². The first-order chi connectivity index (χ1) is 15.6. The predicted molar refractivity (Wildman–Crippen MR) is 131 cm³/mol. The summed E-state index contributed by atoms with van der Waals surface area (Å²) in [6.07, 6.45) is 1.08. The molecule has 1 fully saturated rings. The fourth-order valence-electron chi connectivity index (χ4n) is 3.76. The van der Waals surface area contributed by atoms with E-state index in [0.29, 0.717) is 13.2 Å². The van der Waals surface area contributed by atoms with E-state index in [1.165, 1.54) is 16.7 Å². The van der Waals surface area contributed by atoms with Crippen LogP contribution < -0.4 is 15.4 Å². The van der Waals surface area contributed by atoms with Gasteiger partial charge in [-0.2, -0.15) is 0 Å². The first-order valence-corrected chi connectivity index (χ1v) is 11.7. The molecule has 1 saturated heterocycles. The molecule has 1 unspecified atom stereocenters. The molecule has 0 saturated carbocycles. The van der Waals surface area contributed by atoms with Crippen molar-refractivity contribution in [2.45, 2.75) is 52.9 Å². The molecule has 174 valence electrons. The number of hydrogen-bond donors (Lipinski definition) is 2. The monoisotopic (exact) mass is 438 g/mol. The first kappa shape index (κ1) is 24.1. The van der Waals surface area contributed by atoms with Crippen LogP contribution >= 0.6 is 0 Å². The van der Waals surface area contributed by atoms with Crippen molar-refractivity contribution in [3.05, 3.63) is 64.7 Å². The summed E-state index contributed by atoms with van der Waals surface area (Å²) in [5, 5.41) is 6.82. The summed E-state index contributed by atoms with van der Waals surface area (Å²) in [4.78, 5) is 6.79. The molecule has 0 bridgehead atoms. The molecule has 6 nitrogen and oxygen atoms in total. The average molecular weight is 439 g/mol. The van der Waals surface area contributed by atoms with Crippen LogP contribution in [0.4, 0.5) is 0 Å². The van der Waals surface area contributed by atoms with Crippen LogP contribution in [0.25, 0.3) is 0 Å². The number of nitrogens with zero attached hydrogens (tertiary/aromatic N) is 2. The Morgan fingerprint density at radius 1 is 1.06 bits per heavy atom. The van der Waals surface area contributed by atoms with Gasteiger partial charge in [0.05, 0.1) is 13.2 Å². The van der Waals surface area contributed by atoms with Gasteiger partial charge in [-0.3, -0.25) is 9.89 Å². The van der Waals surface area contributed by atoms with Crippen molar-refractivity contribution in [2.24, 2.45) is 4.99 Å². The number of benzene rings is 2. The van der Waals surface area contributed by atoms with Gasteiger partial charge in [0, 0.05) is 38.7 Å². The van der Waals surface area contributed by atoms with E-state index >= 15 is 0 Å². The normalized spacial score (nSPS) is 16.4. The fourth-order valence-corrected chi connectivity index (χ4v) is 3.76. The topological polar surface area (TPSA) is 58.1 Å². The van der Waals surface area contributed by atoms with Crippen molar-refractivity contribution in [1.29, 1.82) is 0 Å². The Labute approximate surface area is 193 Å². The number of aliphatic imine (C=N–C) groups is 1. The van der Waals surface area contributed by atoms with E-state index in [0.717, 1.165) is 56.5 Å². The average Bonchev–Trinajstić information content (AvgIpc) is 3.32. The van der Waals surface area contributed by atoms with Gasteiger partial charge in [0.25, 0.3) is 0 Å². The molecule has 3 rings (SSSR count). The van der Waals surface area contributed by atoms with E-state index in [-0.39, 0.29) is 6.10 Å². The second kappa shape index (κ2) is 12.5. The van der Waals surface area contributed by atoms with Gasteiger partial charge in [0.15, 0.2) is 5.96 Å². The molecule has 1 aliphatic rings. The molecule has 2 aromatic carbocycles. The van der Waals surface area contributed by atoms with Gasteiger partial charge in [-0.25, -0.2) is 0 Å². The highest BCUT2D eigenvalue weighted by molar-refractivity contribution is 5.79. The maximum atomic E-state index is 6.21. The highest BCUT2D eigenvalue weighted by Gasteiger charge is 2.18. The fraction of sp³-hybridized carbons (Fsp3) is 0.500. The van der Waals surface area contributed by atoms with Crippen LogP contribution in [0.15, 0.2) is 47.5 Å².